The number of halogens is 1. The van der Waals surface area contributed by atoms with Gasteiger partial charge in [0.15, 0.2) is 11.6 Å². The Labute approximate surface area is 127 Å². The Kier molecular flexibility index (Phi) is 6.00. The predicted molar refractivity (Wildman–Crippen MR) is 84.2 cm³/mol. The second-order valence-electron chi connectivity index (χ2n) is 5.89. The van der Waals surface area contributed by atoms with Crippen LogP contribution in [-0.2, 0) is 0 Å². The van der Waals surface area contributed by atoms with Crippen LogP contribution >= 0.6 is 0 Å². The summed E-state index contributed by atoms with van der Waals surface area (Å²) in [5.41, 5.74) is 1.16. The van der Waals surface area contributed by atoms with Gasteiger partial charge in [-0.05, 0) is 30.0 Å². The minimum absolute atomic E-state index is 0.288. The highest BCUT2D eigenvalue weighted by Gasteiger charge is 2.27. The first kappa shape index (κ1) is 16.2. The van der Waals surface area contributed by atoms with Crippen molar-refractivity contribution in [1.82, 2.24) is 10.2 Å². The van der Waals surface area contributed by atoms with E-state index in [-0.39, 0.29) is 5.82 Å². The summed E-state index contributed by atoms with van der Waals surface area (Å²) in [7, 11) is 1.53. The van der Waals surface area contributed by atoms with E-state index in [2.05, 4.69) is 24.1 Å². The predicted octanol–water partition coefficient (Wildman–Crippen LogP) is 3.22. The van der Waals surface area contributed by atoms with E-state index >= 15 is 0 Å². The van der Waals surface area contributed by atoms with E-state index < -0.39 is 0 Å². The van der Waals surface area contributed by atoms with Gasteiger partial charge in [-0.3, -0.25) is 4.90 Å². The maximum absolute atomic E-state index is 13.7. The third kappa shape index (κ3) is 3.95. The number of rotatable bonds is 6. The lowest BCUT2D eigenvalue weighted by atomic mass is 9.89. The van der Waals surface area contributed by atoms with Crippen LogP contribution in [0.5, 0.6) is 5.75 Å². The molecule has 1 unspecified atom stereocenters. The zero-order valence-electron chi connectivity index (χ0n) is 13.4. The number of piperazine rings is 1. The Bertz CT molecular complexity index is 446. The zero-order valence-corrected chi connectivity index (χ0v) is 13.4. The monoisotopic (exact) mass is 294 g/mol. The molecule has 3 nitrogen and oxygen atoms in total. The van der Waals surface area contributed by atoms with Crippen molar-refractivity contribution in [1.29, 1.82) is 0 Å². The van der Waals surface area contributed by atoms with Gasteiger partial charge in [-0.15, -0.1) is 0 Å². The molecule has 0 aliphatic carbocycles. The Hall–Kier alpha value is -1.13. The Morgan fingerprint density at radius 3 is 2.67 bits per heavy atom. The number of hydrogen-bond acceptors (Lipinski definition) is 3. The Morgan fingerprint density at radius 1 is 1.33 bits per heavy atom. The Balaban J connectivity index is 2.29. The van der Waals surface area contributed by atoms with E-state index in [1.165, 1.54) is 26.0 Å². The SMILES string of the molecule is CCCC(C)[C@@H](c1ccc(F)c(OC)c1)N1CCNCC1. The molecule has 1 saturated heterocycles. The number of nitrogens with one attached hydrogen (secondary N) is 1. The van der Waals surface area contributed by atoms with Gasteiger partial charge in [0, 0.05) is 32.2 Å². The number of hydrogen-bond donors (Lipinski definition) is 1. The third-order valence-electron chi connectivity index (χ3n) is 4.34. The van der Waals surface area contributed by atoms with E-state index in [0.29, 0.717) is 17.7 Å². The van der Waals surface area contributed by atoms with Gasteiger partial charge in [0.2, 0.25) is 0 Å². The quantitative estimate of drug-likeness (QED) is 0.872. The summed E-state index contributed by atoms with van der Waals surface area (Å²) in [5.74, 6) is 0.600. The summed E-state index contributed by atoms with van der Waals surface area (Å²) >= 11 is 0. The van der Waals surface area contributed by atoms with E-state index in [0.717, 1.165) is 31.7 Å². The lowest BCUT2D eigenvalue weighted by Crippen LogP contribution is -2.46. The highest BCUT2D eigenvalue weighted by molar-refractivity contribution is 5.32. The first-order valence-electron chi connectivity index (χ1n) is 7.95. The van der Waals surface area contributed by atoms with Crippen molar-refractivity contribution in [2.24, 2.45) is 5.92 Å². The Morgan fingerprint density at radius 2 is 2.05 bits per heavy atom. The van der Waals surface area contributed by atoms with Crippen molar-refractivity contribution in [3.8, 4) is 5.75 Å². The van der Waals surface area contributed by atoms with E-state index in [1.807, 2.05) is 12.1 Å². The summed E-state index contributed by atoms with van der Waals surface area (Å²) in [5, 5.41) is 3.40. The van der Waals surface area contributed by atoms with Gasteiger partial charge in [0.25, 0.3) is 0 Å². The molecule has 0 aromatic heterocycles. The number of benzene rings is 1. The molecule has 1 N–H and O–H groups in total. The normalized spacial score (nSPS) is 19.2. The summed E-state index contributed by atoms with van der Waals surface area (Å²) in [6, 6.07) is 5.65. The minimum atomic E-state index is -0.288. The van der Waals surface area contributed by atoms with E-state index in [9.17, 15) is 4.39 Å². The molecule has 1 aliphatic heterocycles. The minimum Gasteiger partial charge on any atom is -0.494 e. The van der Waals surface area contributed by atoms with Crippen molar-refractivity contribution < 1.29 is 9.13 Å². The topological polar surface area (TPSA) is 24.5 Å². The van der Waals surface area contributed by atoms with Gasteiger partial charge in [0.05, 0.1) is 7.11 Å². The summed E-state index contributed by atoms with van der Waals surface area (Å²) < 4.78 is 18.8. The summed E-state index contributed by atoms with van der Waals surface area (Å²) in [6.07, 6.45) is 2.34. The highest BCUT2D eigenvalue weighted by Crippen LogP contribution is 2.34. The van der Waals surface area contributed by atoms with Gasteiger partial charge in [-0.2, -0.15) is 0 Å². The van der Waals surface area contributed by atoms with Gasteiger partial charge < -0.3 is 10.1 Å². The van der Waals surface area contributed by atoms with Crippen LogP contribution in [0, 0.1) is 11.7 Å². The van der Waals surface area contributed by atoms with Crippen molar-refractivity contribution in [3.05, 3.63) is 29.6 Å². The smallest absolute Gasteiger partial charge is 0.165 e. The average molecular weight is 294 g/mol. The first-order chi connectivity index (χ1) is 10.2. The molecule has 1 heterocycles. The molecule has 0 spiro atoms. The molecule has 1 fully saturated rings. The lowest BCUT2D eigenvalue weighted by Gasteiger charge is -2.38. The molecule has 1 aromatic carbocycles. The molecule has 21 heavy (non-hydrogen) atoms. The van der Waals surface area contributed by atoms with Crippen LogP contribution in [0.15, 0.2) is 18.2 Å². The third-order valence-corrected chi connectivity index (χ3v) is 4.34. The standard InChI is InChI=1S/C17H27FN2O/c1-4-5-13(2)17(20-10-8-19-9-11-20)14-6-7-15(18)16(12-14)21-3/h6-7,12-13,17,19H,4-5,8-11H2,1-3H3/t13?,17-/m0/s1. The van der Waals surface area contributed by atoms with Gasteiger partial charge in [0.1, 0.15) is 0 Å². The molecule has 4 heteroatoms. The molecule has 0 amide bonds. The second kappa shape index (κ2) is 7.76. The molecule has 2 atom stereocenters. The molecule has 1 aromatic rings. The van der Waals surface area contributed by atoms with Crippen LogP contribution in [-0.4, -0.2) is 38.2 Å². The van der Waals surface area contributed by atoms with E-state index in [4.69, 9.17) is 4.74 Å². The number of nitrogens with zero attached hydrogens (tertiary/aromatic N) is 1. The maximum Gasteiger partial charge on any atom is 0.165 e. The fourth-order valence-corrected chi connectivity index (χ4v) is 3.33. The average Bonchev–Trinajstić information content (AvgIpc) is 2.50. The first-order valence-corrected chi connectivity index (χ1v) is 7.95. The van der Waals surface area contributed by atoms with Gasteiger partial charge >= 0.3 is 0 Å². The summed E-state index contributed by atoms with van der Waals surface area (Å²) in [4.78, 5) is 2.52. The zero-order chi connectivity index (χ0) is 15.2. The fourth-order valence-electron chi connectivity index (χ4n) is 3.33. The van der Waals surface area contributed by atoms with Crippen LogP contribution in [0.25, 0.3) is 0 Å². The molecule has 0 radical (unpaired) electrons. The molecule has 2 rings (SSSR count). The van der Waals surface area contributed by atoms with Crippen LogP contribution in [0.3, 0.4) is 0 Å². The van der Waals surface area contributed by atoms with Crippen LogP contribution in [0.2, 0.25) is 0 Å². The summed E-state index contributed by atoms with van der Waals surface area (Å²) in [6.45, 7) is 8.64. The van der Waals surface area contributed by atoms with Crippen molar-refractivity contribution in [2.75, 3.05) is 33.3 Å². The van der Waals surface area contributed by atoms with Crippen molar-refractivity contribution in [3.63, 3.8) is 0 Å². The fraction of sp³-hybridized carbons (Fsp3) is 0.647. The molecular weight excluding hydrogens is 267 g/mol. The lowest BCUT2D eigenvalue weighted by molar-refractivity contribution is 0.126. The van der Waals surface area contributed by atoms with Crippen LogP contribution < -0.4 is 10.1 Å². The van der Waals surface area contributed by atoms with Crippen molar-refractivity contribution in [2.45, 2.75) is 32.7 Å². The van der Waals surface area contributed by atoms with Crippen LogP contribution in [0.4, 0.5) is 4.39 Å². The largest absolute Gasteiger partial charge is 0.494 e. The van der Waals surface area contributed by atoms with Crippen LogP contribution in [0.1, 0.15) is 38.3 Å². The highest BCUT2D eigenvalue weighted by atomic mass is 19.1. The number of methoxy groups -OCH3 is 1. The maximum atomic E-state index is 13.7. The van der Waals surface area contributed by atoms with Crippen molar-refractivity contribution >= 4 is 0 Å². The number of ether oxygens (including phenoxy) is 1. The second-order valence-corrected chi connectivity index (χ2v) is 5.89. The molecule has 0 bridgehead atoms. The van der Waals surface area contributed by atoms with Gasteiger partial charge in [-0.25, -0.2) is 4.39 Å². The molecule has 1 aliphatic rings. The van der Waals surface area contributed by atoms with Gasteiger partial charge in [-0.1, -0.05) is 26.3 Å². The molecular formula is C17H27FN2O. The molecule has 0 saturated carbocycles. The van der Waals surface area contributed by atoms with E-state index in [1.54, 1.807) is 0 Å². The molecule has 118 valence electrons.